The van der Waals surface area contributed by atoms with Crippen molar-refractivity contribution in [2.75, 3.05) is 6.61 Å². The van der Waals surface area contributed by atoms with E-state index in [9.17, 15) is 5.11 Å². The number of benzene rings is 1. The molecule has 0 aliphatic rings. The second kappa shape index (κ2) is 6.52. The van der Waals surface area contributed by atoms with E-state index in [-0.39, 0.29) is 13.2 Å². The van der Waals surface area contributed by atoms with Gasteiger partial charge in [-0.1, -0.05) is 18.2 Å². The normalized spacial score (nSPS) is 13.7. The third kappa shape index (κ3) is 3.60. The minimum Gasteiger partial charge on any atom is -0.490 e. The van der Waals surface area contributed by atoms with Gasteiger partial charge in [0.1, 0.15) is 30.6 Å². The van der Waals surface area contributed by atoms with Crippen LogP contribution in [-0.2, 0) is 12.1 Å². The van der Waals surface area contributed by atoms with Crippen LogP contribution in [-0.4, -0.2) is 26.5 Å². The first-order chi connectivity index (χ1) is 11.1. The maximum absolute atomic E-state index is 11.3. The molecule has 3 aromatic rings. The van der Waals surface area contributed by atoms with Gasteiger partial charge in [0.25, 0.3) is 0 Å². The van der Waals surface area contributed by atoms with Gasteiger partial charge in [0.15, 0.2) is 0 Å². The van der Waals surface area contributed by atoms with Crippen molar-refractivity contribution < 1.29 is 9.84 Å². The van der Waals surface area contributed by atoms with Crippen LogP contribution >= 0.6 is 11.3 Å². The summed E-state index contributed by atoms with van der Waals surface area (Å²) < 4.78 is 7.46. The van der Waals surface area contributed by atoms with Crippen LogP contribution < -0.4 is 4.74 Å². The fraction of sp³-hybridized carbons (Fsp3) is 0.294. The number of thiophene rings is 1. The Bertz CT molecular complexity index is 756. The highest BCUT2D eigenvalue weighted by Crippen LogP contribution is 2.32. The average molecular weight is 329 g/mol. The molecule has 0 saturated carbocycles. The van der Waals surface area contributed by atoms with Crippen molar-refractivity contribution in [1.82, 2.24) is 14.8 Å². The fourth-order valence-electron chi connectivity index (χ4n) is 2.60. The second-order valence-corrected chi connectivity index (χ2v) is 7.01. The number of hydrogen-bond acceptors (Lipinski definition) is 5. The molecule has 1 unspecified atom stereocenters. The van der Waals surface area contributed by atoms with Gasteiger partial charge in [-0.2, -0.15) is 5.10 Å². The molecule has 0 radical (unpaired) electrons. The Labute approximate surface area is 139 Å². The SMILES string of the molecule is Cc1cc(C(O)(COc2ccccc2)Cn2cncn2)c(C)s1. The van der Waals surface area contributed by atoms with E-state index in [1.54, 1.807) is 22.3 Å². The maximum atomic E-state index is 11.3. The van der Waals surface area contributed by atoms with Crippen LogP contribution in [0.1, 0.15) is 15.3 Å². The number of para-hydroxylation sites is 1. The average Bonchev–Trinajstić information content (AvgIpc) is 3.16. The number of aromatic nitrogens is 3. The van der Waals surface area contributed by atoms with Crippen LogP contribution in [0.4, 0.5) is 0 Å². The predicted molar refractivity (Wildman–Crippen MR) is 89.6 cm³/mol. The number of rotatable bonds is 6. The summed E-state index contributed by atoms with van der Waals surface area (Å²) in [6.07, 6.45) is 3.06. The molecule has 0 aliphatic heterocycles. The topological polar surface area (TPSA) is 60.2 Å². The summed E-state index contributed by atoms with van der Waals surface area (Å²) in [6, 6.07) is 11.5. The van der Waals surface area contributed by atoms with Crippen LogP contribution in [0.25, 0.3) is 0 Å². The highest BCUT2D eigenvalue weighted by Gasteiger charge is 2.34. The van der Waals surface area contributed by atoms with E-state index in [2.05, 4.69) is 10.1 Å². The molecular weight excluding hydrogens is 310 g/mol. The molecule has 2 heterocycles. The van der Waals surface area contributed by atoms with Gasteiger partial charge in [-0.05, 0) is 32.0 Å². The molecule has 23 heavy (non-hydrogen) atoms. The van der Waals surface area contributed by atoms with Crippen molar-refractivity contribution in [3.63, 3.8) is 0 Å². The smallest absolute Gasteiger partial charge is 0.144 e. The van der Waals surface area contributed by atoms with Gasteiger partial charge in [-0.3, -0.25) is 0 Å². The Balaban J connectivity index is 1.88. The Morgan fingerprint density at radius 3 is 2.65 bits per heavy atom. The molecule has 0 saturated heterocycles. The van der Waals surface area contributed by atoms with Crippen LogP contribution in [0.2, 0.25) is 0 Å². The first-order valence-corrected chi connectivity index (χ1v) is 8.19. The van der Waals surface area contributed by atoms with Crippen molar-refractivity contribution in [2.24, 2.45) is 0 Å². The summed E-state index contributed by atoms with van der Waals surface area (Å²) in [5, 5.41) is 15.4. The van der Waals surface area contributed by atoms with Gasteiger partial charge < -0.3 is 9.84 Å². The standard InChI is InChI=1S/C17H19N3O2S/c1-13-8-16(14(2)23-13)17(21,9-20-12-18-11-19-20)10-22-15-6-4-3-5-7-15/h3-8,11-12,21H,9-10H2,1-2H3. The molecule has 1 aromatic carbocycles. The lowest BCUT2D eigenvalue weighted by atomic mass is 9.95. The van der Waals surface area contributed by atoms with E-state index in [1.807, 2.05) is 50.2 Å². The minimum absolute atomic E-state index is 0.147. The highest BCUT2D eigenvalue weighted by molar-refractivity contribution is 7.12. The van der Waals surface area contributed by atoms with Gasteiger partial charge in [0, 0.05) is 15.3 Å². The molecule has 3 rings (SSSR count). The minimum atomic E-state index is -1.17. The van der Waals surface area contributed by atoms with Crippen LogP contribution in [0.15, 0.2) is 49.1 Å². The zero-order chi connectivity index (χ0) is 16.3. The summed E-state index contributed by atoms with van der Waals surface area (Å²) in [6.45, 7) is 4.49. The molecule has 0 fully saturated rings. The van der Waals surface area contributed by atoms with Gasteiger partial charge in [0.05, 0.1) is 6.54 Å². The van der Waals surface area contributed by atoms with Gasteiger partial charge >= 0.3 is 0 Å². The lowest BCUT2D eigenvalue weighted by Crippen LogP contribution is -2.38. The summed E-state index contributed by atoms with van der Waals surface area (Å²) in [5.41, 5.74) is -0.287. The number of nitrogens with zero attached hydrogens (tertiary/aromatic N) is 3. The largest absolute Gasteiger partial charge is 0.490 e. The Morgan fingerprint density at radius 1 is 1.26 bits per heavy atom. The number of ether oxygens (including phenoxy) is 1. The van der Waals surface area contributed by atoms with E-state index in [1.165, 1.54) is 6.33 Å². The summed E-state index contributed by atoms with van der Waals surface area (Å²) >= 11 is 1.67. The van der Waals surface area contributed by atoms with Gasteiger partial charge in [-0.15, -0.1) is 11.3 Å². The second-order valence-electron chi connectivity index (χ2n) is 5.55. The van der Waals surface area contributed by atoms with E-state index in [0.29, 0.717) is 0 Å². The lowest BCUT2D eigenvalue weighted by Gasteiger charge is -2.28. The first kappa shape index (κ1) is 15.7. The van der Waals surface area contributed by atoms with Crippen LogP contribution in [0, 0.1) is 13.8 Å². The highest BCUT2D eigenvalue weighted by atomic mass is 32.1. The number of hydrogen-bond donors (Lipinski definition) is 1. The van der Waals surface area contributed by atoms with Crippen LogP contribution in [0.5, 0.6) is 5.75 Å². The van der Waals surface area contributed by atoms with Crippen molar-refractivity contribution in [1.29, 1.82) is 0 Å². The lowest BCUT2D eigenvalue weighted by molar-refractivity contribution is -0.0271. The molecule has 0 bridgehead atoms. The maximum Gasteiger partial charge on any atom is 0.144 e. The van der Waals surface area contributed by atoms with E-state index < -0.39 is 5.60 Å². The van der Waals surface area contributed by atoms with Crippen molar-refractivity contribution in [3.8, 4) is 5.75 Å². The molecule has 120 valence electrons. The molecular formula is C17H19N3O2S. The molecule has 5 nitrogen and oxygen atoms in total. The van der Waals surface area contributed by atoms with E-state index in [4.69, 9.17) is 4.74 Å². The van der Waals surface area contributed by atoms with Crippen molar-refractivity contribution >= 4 is 11.3 Å². The quantitative estimate of drug-likeness (QED) is 0.755. The van der Waals surface area contributed by atoms with Gasteiger partial charge in [0.2, 0.25) is 0 Å². The molecule has 1 N–H and O–H groups in total. The molecule has 6 heteroatoms. The van der Waals surface area contributed by atoms with Crippen LogP contribution in [0.3, 0.4) is 0 Å². The monoisotopic (exact) mass is 329 g/mol. The van der Waals surface area contributed by atoms with E-state index in [0.717, 1.165) is 21.1 Å². The molecule has 1 atom stereocenters. The zero-order valence-electron chi connectivity index (χ0n) is 13.1. The zero-order valence-corrected chi connectivity index (χ0v) is 14.0. The molecule has 0 amide bonds. The predicted octanol–water partition coefficient (Wildman–Crippen LogP) is 2.92. The number of aryl methyl sites for hydroxylation is 2. The third-order valence-corrected chi connectivity index (χ3v) is 4.62. The Hall–Kier alpha value is -2.18. The van der Waals surface area contributed by atoms with Crippen molar-refractivity contribution in [3.05, 3.63) is 64.4 Å². The van der Waals surface area contributed by atoms with E-state index >= 15 is 0 Å². The molecule has 0 spiro atoms. The first-order valence-electron chi connectivity index (χ1n) is 7.37. The molecule has 0 aliphatic carbocycles. The van der Waals surface area contributed by atoms with Gasteiger partial charge in [-0.25, -0.2) is 9.67 Å². The third-order valence-electron chi connectivity index (χ3n) is 3.65. The summed E-state index contributed by atoms with van der Waals surface area (Å²) in [7, 11) is 0. The van der Waals surface area contributed by atoms with Crippen molar-refractivity contribution in [2.45, 2.75) is 26.0 Å². The summed E-state index contributed by atoms with van der Waals surface area (Å²) in [5.74, 6) is 0.731. The Morgan fingerprint density at radius 2 is 2.04 bits per heavy atom. The Kier molecular flexibility index (Phi) is 4.45. The summed E-state index contributed by atoms with van der Waals surface area (Å²) in [4.78, 5) is 6.19. The number of aliphatic hydroxyl groups is 1. The fourth-order valence-corrected chi connectivity index (χ4v) is 3.62. The molecule has 2 aromatic heterocycles.